The zero-order valence-corrected chi connectivity index (χ0v) is 9.02. The van der Waals surface area contributed by atoms with Gasteiger partial charge in [0.25, 0.3) is 0 Å². The molecule has 1 aromatic rings. The minimum absolute atomic E-state index is 0.0394. The van der Waals surface area contributed by atoms with Crippen LogP contribution in [0.2, 0.25) is 0 Å². The summed E-state index contributed by atoms with van der Waals surface area (Å²) in [5, 5.41) is 2.19. The van der Waals surface area contributed by atoms with Gasteiger partial charge in [-0.25, -0.2) is 0 Å². The van der Waals surface area contributed by atoms with Gasteiger partial charge in [0.2, 0.25) is 0 Å². The molecule has 1 nitrogen and oxygen atoms in total. The maximum atomic E-state index is 6.58. The van der Waals surface area contributed by atoms with Crippen molar-refractivity contribution in [2.24, 2.45) is 11.7 Å². The molecule has 2 aliphatic carbocycles. The van der Waals surface area contributed by atoms with Gasteiger partial charge >= 0.3 is 0 Å². The highest BCUT2D eigenvalue weighted by Gasteiger charge is 2.41. The van der Waals surface area contributed by atoms with Crippen molar-refractivity contribution >= 4 is 11.3 Å². The van der Waals surface area contributed by atoms with Crippen molar-refractivity contribution in [1.82, 2.24) is 0 Å². The van der Waals surface area contributed by atoms with E-state index in [1.807, 2.05) is 11.3 Å². The molecule has 0 radical (unpaired) electrons. The molecule has 3 rings (SSSR count). The van der Waals surface area contributed by atoms with Crippen LogP contribution in [-0.2, 0) is 12.0 Å². The van der Waals surface area contributed by atoms with Crippen molar-refractivity contribution in [2.75, 3.05) is 0 Å². The lowest BCUT2D eigenvalue weighted by Crippen LogP contribution is -2.47. The molecule has 0 unspecified atom stereocenters. The molecule has 2 N–H and O–H groups in total. The number of hydrogen-bond donors (Lipinski definition) is 1. The van der Waals surface area contributed by atoms with Gasteiger partial charge in [0.05, 0.1) is 0 Å². The van der Waals surface area contributed by atoms with Crippen LogP contribution in [0.25, 0.3) is 0 Å². The molecule has 1 aromatic heterocycles. The summed E-state index contributed by atoms with van der Waals surface area (Å²) in [6.07, 6.45) is 9.27. The van der Waals surface area contributed by atoms with Gasteiger partial charge in [0, 0.05) is 10.4 Å². The molecule has 0 aliphatic heterocycles. The molecule has 0 bridgehead atoms. The molecular formula is C12H15NS. The smallest absolute Gasteiger partial charge is 0.0487 e. The monoisotopic (exact) mass is 205 g/mol. The average molecular weight is 205 g/mol. The summed E-state index contributed by atoms with van der Waals surface area (Å²) < 4.78 is 0. The van der Waals surface area contributed by atoms with E-state index < -0.39 is 0 Å². The third-order valence-electron chi connectivity index (χ3n) is 3.74. The fourth-order valence-electron chi connectivity index (χ4n) is 2.88. The number of fused-ring (bicyclic) bond motifs is 3. The average Bonchev–Trinajstić information content (AvgIpc) is 2.66. The summed E-state index contributed by atoms with van der Waals surface area (Å²) in [4.78, 5) is 1.53. The Morgan fingerprint density at radius 3 is 3.29 bits per heavy atom. The Morgan fingerprint density at radius 2 is 2.36 bits per heavy atom. The molecular weight excluding hydrogens is 190 g/mol. The Kier molecular flexibility index (Phi) is 1.83. The molecule has 2 heteroatoms. The van der Waals surface area contributed by atoms with E-state index >= 15 is 0 Å². The Labute approximate surface area is 88.6 Å². The third kappa shape index (κ3) is 1.04. The molecule has 0 aromatic carbocycles. The first-order valence-electron chi connectivity index (χ1n) is 5.31. The van der Waals surface area contributed by atoms with E-state index in [4.69, 9.17) is 5.73 Å². The maximum Gasteiger partial charge on any atom is 0.0487 e. The lowest BCUT2D eigenvalue weighted by molar-refractivity contribution is 0.234. The lowest BCUT2D eigenvalue weighted by Gasteiger charge is -2.42. The quantitative estimate of drug-likeness (QED) is 0.648. The van der Waals surface area contributed by atoms with Crippen LogP contribution in [-0.4, -0.2) is 0 Å². The molecule has 0 amide bonds. The number of aryl methyl sites for hydroxylation is 1. The van der Waals surface area contributed by atoms with Gasteiger partial charge in [0.1, 0.15) is 0 Å². The van der Waals surface area contributed by atoms with Gasteiger partial charge in [-0.1, -0.05) is 12.2 Å². The first-order valence-corrected chi connectivity index (χ1v) is 6.19. The van der Waals surface area contributed by atoms with Crippen LogP contribution >= 0.6 is 11.3 Å². The fraction of sp³-hybridized carbons (Fsp3) is 0.500. The van der Waals surface area contributed by atoms with E-state index in [0.29, 0.717) is 5.92 Å². The van der Waals surface area contributed by atoms with Crippen molar-refractivity contribution in [1.29, 1.82) is 0 Å². The summed E-state index contributed by atoms with van der Waals surface area (Å²) in [6, 6.07) is 2.24. The second-order valence-corrected chi connectivity index (χ2v) is 5.45. The largest absolute Gasteiger partial charge is 0.321 e. The minimum Gasteiger partial charge on any atom is -0.321 e. The van der Waals surface area contributed by atoms with Crippen molar-refractivity contribution < 1.29 is 0 Å². The van der Waals surface area contributed by atoms with E-state index in [1.54, 1.807) is 0 Å². The van der Waals surface area contributed by atoms with Gasteiger partial charge in [-0.2, -0.15) is 0 Å². The number of thiophene rings is 1. The number of nitrogens with two attached hydrogens (primary N) is 1. The van der Waals surface area contributed by atoms with E-state index in [-0.39, 0.29) is 5.54 Å². The molecule has 0 spiro atoms. The molecule has 1 heterocycles. The van der Waals surface area contributed by atoms with E-state index in [9.17, 15) is 0 Å². The van der Waals surface area contributed by atoms with Gasteiger partial charge in [-0.3, -0.25) is 0 Å². The Hall–Kier alpha value is -0.600. The zero-order valence-electron chi connectivity index (χ0n) is 8.20. The normalized spacial score (nSPS) is 35.1. The highest BCUT2D eigenvalue weighted by molar-refractivity contribution is 7.10. The summed E-state index contributed by atoms with van der Waals surface area (Å²) >= 11 is 1.88. The Balaban J connectivity index is 2.12. The second-order valence-electron chi connectivity index (χ2n) is 4.44. The van der Waals surface area contributed by atoms with E-state index in [1.165, 1.54) is 29.7 Å². The summed E-state index contributed by atoms with van der Waals surface area (Å²) in [5.74, 6) is 0.676. The van der Waals surface area contributed by atoms with Crippen molar-refractivity contribution in [2.45, 2.75) is 31.2 Å². The zero-order chi connectivity index (χ0) is 9.60. The summed E-state index contributed by atoms with van der Waals surface area (Å²) in [6.45, 7) is 0. The topological polar surface area (TPSA) is 26.0 Å². The second kappa shape index (κ2) is 2.94. The minimum atomic E-state index is -0.0394. The summed E-state index contributed by atoms with van der Waals surface area (Å²) in [7, 11) is 0. The van der Waals surface area contributed by atoms with Crippen LogP contribution in [0.15, 0.2) is 23.6 Å². The molecule has 74 valence electrons. The van der Waals surface area contributed by atoms with Gasteiger partial charge in [0.15, 0.2) is 0 Å². The SMILES string of the molecule is N[C@@]12CC=CC[C@@H]1CCc1sccc12. The summed E-state index contributed by atoms with van der Waals surface area (Å²) in [5.41, 5.74) is 7.97. The third-order valence-corrected chi connectivity index (χ3v) is 4.72. The molecule has 0 saturated heterocycles. The maximum absolute atomic E-state index is 6.58. The van der Waals surface area contributed by atoms with Crippen LogP contribution in [0.5, 0.6) is 0 Å². The highest BCUT2D eigenvalue weighted by Crippen LogP contribution is 2.45. The lowest BCUT2D eigenvalue weighted by atomic mass is 9.67. The first kappa shape index (κ1) is 8.69. The molecule has 0 fully saturated rings. The standard InChI is InChI=1S/C12H15NS/c13-12-7-2-1-3-9(12)4-5-11-10(12)6-8-14-11/h1-2,6,8-9H,3-5,7,13H2/t9-,12+/m1/s1. The number of rotatable bonds is 0. The molecule has 2 atom stereocenters. The number of hydrogen-bond acceptors (Lipinski definition) is 2. The van der Waals surface area contributed by atoms with Crippen molar-refractivity contribution in [3.8, 4) is 0 Å². The van der Waals surface area contributed by atoms with Gasteiger partial charge in [-0.05, 0) is 48.6 Å². The van der Waals surface area contributed by atoms with Crippen LogP contribution in [0.1, 0.15) is 29.7 Å². The first-order chi connectivity index (χ1) is 6.81. The van der Waals surface area contributed by atoms with Gasteiger partial charge in [-0.15, -0.1) is 11.3 Å². The van der Waals surface area contributed by atoms with E-state index in [0.717, 1.165) is 6.42 Å². The Morgan fingerprint density at radius 1 is 1.43 bits per heavy atom. The predicted octanol–water partition coefficient (Wildman–Crippen LogP) is 2.81. The highest BCUT2D eigenvalue weighted by atomic mass is 32.1. The molecule has 14 heavy (non-hydrogen) atoms. The van der Waals surface area contributed by atoms with Crippen LogP contribution in [0.3, 0.4) is 0 Å². The predicted molar refractivity (Wildman–Crippen MR) is 60.4 cm³/mol. The van der Waals surface area contributed by atoms with Crippen LogP contribution in [0, 0.1) is 5.92 Å². The van der Waals surface area contributed by atoms with Crippen LogP contribution < -0.4 is 5.73 Å². The van der Waals surface area contributed by atoms with Crippen LogP contribution in [0.4, 0.5) is 0 Å². The Bertz CT molecular complexity index is 379. The van der Waals surface area contributed by atoms with Crippen molar-refractivity contribution in [3.05, 3.63) is 34.0 Å². The fourth-order valence-corrected chi connectivity index (χ4v) is 3.86. The number of allylic oxidation sites excluding steroid dienone is 1. The molecule has 2 aliphatic rings. The molecule has 0 saturated carbocycles. The van der Waals surface area contributed by atoms with Crippen molar-refractivity contribution in [3.63, 3.8) is 0 Å². The van der Waals surface area contributed by atoms with E-state index in [2.05, 4.69) is 23.6 Å². The van der Waals surface area contributed by atoms with Gasteiger partial charge < -0.3 is 5.73 Å².